The van der Waals surface area contributed by atoms with Crippen LogP contribution in [0, 0.1) is 0 Å². The van der Waals surface area contributed by atoms with Gasteiger partial charge in [-0.05, 0) is 24.6 Å². The SMILES string of the molecule is Cn1c(=O)n(C(=O)C2CCC(=O)N2)c2cc(N)ccc21. The molecular weight excluding hydrogens is 260 g/mol. The Hall–Kier alpha value is -2.57. The molecular formula is C13H14N4O3. The number of nitrogen functional groups attached to an aromatic ring is 1. The first-order valence-electron chi connectivity index (χ1n) is 6.29. The molecule has 1 atom stereocenters. The molecule has 1 amide bonds. The van der Waals surface area contributed by atoms with Gasteiger partial charge < -0.3 is 11.1 Å². The number of hydrogen-bond donors (Lipinski definition) is 2. The monoisotopic (exact) mass is 274 g/mol. The van der Waals surface area contributed by atoms with Gasteiger partial charge in [-0.25, -0.2) is 9.36 Å². The van der Waals surface area contributed by atoms with Gasteiger partial charge >= 0.3 is 5.69 Å². The molecule has 1 unspecified atom stereocenters. The van der Waals surface area contributed by atoms with Crippen molar-refractivity contribution in [3.63, 3.8) is 0 Å². The van der Waals surface area contributed by atoms with Crippen molar-refractivity contribution in [2.24, 2.45) is 7.05 Å². The number of nitrogens with two attached hydrogens (primary N) is 1. The van der Waals surface area contributed by atoms with E-state index >= 15 is 0 Å². The summed E-state index contributed by atoms with van der Waals surface area (Å²) < 4.78 is 2.48. The highest BCUT2D eigenvalue weighted by molar-refractivity contribution is 5.97. The summed E-state index contributed by atoms with van der Waals surface area (Å²) in [4.78, 5) is 35.9. The average molecular weight is 274 g/mol. The molecule has 0 radical (unpaired) electrons. The fourth-order valence-electron chi connectivity index (χ4n) is 2.53. The van der Waals surface area contributed by atoms with Crippen molar-refractivity contribution in [3.8, 4) is 0 Å². The van der Waals surface area contributed by atoms with Crippen molar-refractivity contribution >= 4 is 28.5 Å². The lowest BCUT2D eigenvalue weighted by atomic mass is 10.2. The molecule has 7 nitrogen and oxygen atoms in total. The Bertz CT molecular complexity index is 787. The largest absolute Gasteiger partial charge is 0.399 e. The van der Waals surface area contributed by atoms with Crippen molar-refractivity contribution in [3.05, 3.63) is 28.7 Å². The van der Waals surface area contributed by atoms with Crippen LogP contribution in [0.5, 0.6) is 0 Å². The quantitative estimate of drug-likeness (QED) is 0.706. The predicted octanol–water partition coefficient (Wildman–Crippen LogP) is -0.159. The first-order chi connectivity index (χ1) is 9.49. The number of anilines is 1. The summed E-state index contributed by atoms with van der Waals surface area (Å²) >= 11 is 0. The van der Waals surface area contributed by atoms with Crippen LogP contribution in [-0.2, 0) is 11.8 Å². The second kappa shape index (κ2) is 4.22. The number of carbonyl (C=O) groups excluding carboxylic acids is 2. The first-order valence-corrected chi connectivity index (χ1v) is 6.29. The molecule has 2 heterocycles. The number of nitrogens with zero attached hydrogens (tertiary/aromatic N) is 2. The van der Waals surface area contributed by atoms with Gasteiger partial charge in [0.05, 0.1) is 11.0 Å². The second-order valence-corrected chi connectivity index (χ2v) is 4.92. The molecule has 20 heavy (non-hydrogen) atoms. The van der Waals surface area contributed by atoms with Crippen LogP contribution in [0.25, 0.3) is 11.0 Å². The van der Waals surface area contributed by atoms with E-state index in [0.717, 1.165) is 4.57 Å². The number of benzene rings is 1. The Labute approximate surface area is 114 Å². The molecule has 1 aromatic heterocycles. The van der Waals surface area contributed by atoms with E-state index in [1.807, 2.05) is 0 Å². The van der Waals surface area contributed by atoms with Crippen LogP contribution < -0.4 is 16.7 Å². The van der Waals surface area contributed by atoms with Gasteiger partial charge in [0.15, 0.2) is 0 Å². The smallest absolute Gasteiger partial charge is 0.335 e. The van der Waals surface area contributed by atoms with Gasteiger partial charge in [0.25, 0.3) is 5.91 Å². The molecule has 0 aliphatic carbocycles. The van der Waals surface area contributed by atoms with Crippen LogP contribution in [0.4, 0.5) is 5.69 Å². The van der Waals surface area contributed by atoms with Crippen molar-refractivity contribution in [2.45, 2.75) is 18.9 Å². The summed E-state index contributed by atoms with van der Waals surface area (Å²) in [5.74, 6) is -0.590. The summed E-state index contributed by atoms with van der Waals surface area (Å²) in [6.07, 6.45) is 0.709. The third kappa shape index (κ3) is 1.70. The second-order valence-electron chi connectivity index (χ2n) is 4.92. The minimum Gasteiger partial charge on any atom is -0.399 e. The number of hydrogen-bond acceptors (Lipinski definition) is 4. The molecule has 0 bridgehead atoms. The molecule has 2 aromatic rings. The van der Waals surface area contributed by atoms with Crippen LogP contribution in [0.1, 0.15) is 17.6 Å². The zero-order valence-corrected chi connectivity index (χ0v) is 10.9. The molecule has 3 N–H and O–H groups in total. The Morgan fingerprint density at radius 1 is 1.35 bits per heavy atom. The topological polar surface area (TPSA) is 99.1 Å². The Balaban J connectivity index is 2.18. The number of nitrogens with one attached hydrogen (secondary N) is 1. The highest BCUT2D eigenvalue weighted by Crippen LogP contribution is 2.18. The number of aryl methyl sites for hydroxylation is 1. The molecule has 0 saturated carbocycles. The minimum atomic E-state index is -0.646. The van der Waals surface area contributed by atoms with Crippen LogP contribution in [0.2, 0.25) is 0 Å². The fourth-order valence-corrected chi connectivity index (χ4v) is 2.53. The van der Waals surface area contributed by atoms with Crippen LogP contribution >= 0.6 is 0 Å². The normalized spacial score (nSPS) is 18.4. The third-order valence-electron chi connectivity index (χ3n) is 3.59. The highest BCUT2D eigenvalue weighted by Gasteiger charge is 2.30. The lowest BCUT2D eigenvalue weighted by Crippen LogP contribution is -2.41. The Kier molecular flexibility index (Phi) is 2.63. The van der Waals surface area contributed by atoms with Gasteiger partial charge in [-0.1, -0.05) is 0 Å². The van der Waals surface area contributed by atoms with Crippen molar-refractivity contribution in [1.29, 1.82) is 0 Å². The van der Waals surface area contributed by atoms with E-state index < -0.39 is 17.6 Å². The van der Waals surface area contributed by atoms with Gasteiger partial charge in [0.2, 0.25) is 5.91 Å². The van der Waals surface area contributed by atoms with Crippen LogP contribution in [0.15, 0.2) is 23.0 Å². The first kappa shape index (κ1) is 12.5. The number of fused-ring (bicyclic) bond motifs is 1. The fraction of sp³-hybridized carbons (Fsp3) is 0.308. The highest BCUT2D eigenvalue weighted by atomic mass is 16.2. The van der Waals surface area contributed by atoms with Gasteiger partial charge in [-0.3, -0.25) is 14.2 Å². The summed E-state index contributed by atoms with van der Waals surface area (Å²) in [5.41, 5.74) is 6.85. The number of carbonyl (C=O) groups is 2. The van der Waals surface area contributed by atoms with E-state index in [1.165, 1.54) is 4.57 Å². The van der Waals surface area contributed by atoms with E-state index in [0.29, 0.717) is 29.6 Å². The van der Waals surface area contributed by atoms with Crippen LogP contribution in [0.3, 0.4) is 0 Å². The Morgan fingerprint density at radius 3 is 2.75 bits per heavy atom. The summed E-state index contributed by atoms with van der Waals surface area (Å²) in [5, 5.41) is 2.58. The summed E-state index contributed by atoms with van der Waals surface area (Å²) in [7, 11) is 1.60. The zero-order valence-electron chi connectivity index (χ0n) is 10.9. The van der Waals surface area contributed by atoms with Crippen molar-refractivity contribution < 1.29 is 9.59 Å². The lowest BCUT2D eigenvalue weighted by Gasteiger charge is -2.09. The molecule has 1 aliphatic heterocycles. The molecule has 1 saturated heterocycles. The number of imidazole rings is 1. The average Bonchev–Trinajstić information content (AvgIpc) is 2.93. The lowest BCUT2D eigenvalue weighted by molar-refractivity contribution is -0.119. The maximum atomic E-state index is 12.4. The van der Waals surface area contributed by atoms with Crippen molar-refractivity contribution in [2.75, 3.05) is 5.73 Å². The predicted molar refractivity (Wildman–Crippen MR) is 73.4 cm³/mol. The number of amides is 1. The molecule has 1 fully saturated rings. The number of aromatic nitrogens is 2. The van der Waals surface area contributed by atoms with E-state index in [4.69, 9.17) is 5.73 Å². The Morgan fingerprint density at radius 2 is 2.10 bits per heavy atom. The van der Waals surface area contributed by atoms with Crippen LogP contribution in [-0.4, -0.2) is 27.0 Å². The van der Waals surface area contributed by atoms with E-state index in [9.17, 15) is 14.4 Å². The molecule has 1 aliphatic rings. The summed E-state index contributed by atoms with van der Waals surface area (Å²) in [6.45, 7) is 0. The van der Waals surface area contributed by atoms with Gasteiger partial charge in [-0.15, -0.1) is 0 Å². The van der Waals surface area contributed by atoms with Crippen molar-refractivity contribution in [1.82, 2.24) is 14.5 Å². The molecule has 3 rings (SSSR count). The number of rotatable bonds is 1. The zero-order chi connectivity index (χ0) is 14.4. The molecule has 1 aromatic carbocycles. The minimum absolute atomic E-state index is 0.170. The van der Waals surface area contributed by atoms with Gasteiger partial charge in [0, 0.05) is 19.2 Å². The van der Waals surface area contributed by atoms with E-state index in [-0.39, 0.29) is 5.91 Å². The van der Waals surface area contributed by atoms with Gasteiger partial charge in [0.1, 0.15) is 6.04 Å². The maximum Gasteiger partial charge on any atom is 0.335 e. The molecule has 104 valence electrons. The van der Waals surface area contributed by atoms with E-state index in [1.54, 1.807) is 25.2 Å². The third-order valence-corrected chi connectivity index (χ3v) is 3.59. The summed E-state index contributed by atoms with van der Waals surface area (Å²) in [6, 6.07) is 4.31. The molecule has 7 heteroatoms. The maximum absolute atomic E-state index is 12.4. The van der Waals surface area contributed by atoms with Gasteiger partial charge in [-0.2, -0.15) is 0 Å². The standard InChI is InChI=1S/C13H14N4O3/c1-16-9-4-2-7(14)6-10(9)17(13(16)20)12(19)8-3-5-11(18)15-8/h2,4,6,8H,3,5,14H2,1H3,(H,15,18). The van der Waals surface area contributed by atoms with E-state index in [2.05, 4.69) is 5.32 Å². The molecule has 0 spiro atoms.